The normalized spacial score (nSPS) is 14.5. The van der Waals surface area contributed by atoms with E-state index in [0.717, 1.165) is 10.7 Å². The first kappa shape index (κ1) is 7.28. The minimum Gasteiger partial charge on any atom is -0.331 e. The third-order valence-electron chi connectivity index (χ3n) is 1.97. The Balaban J connectivity index is 2.50. The summed E-state index contributed by atoms with van der Waals surface area (Å²) < 4.78 is 5.75. The molecule has 1 aliphatic heterocycles. The summed E-state index contributed by atoms with van der Waals surface area (Å²) in [5, 5.41) is 7.02. The largest absolute Gasteiger partial charge is 0.331 e. The van der Waals surface area contributed by atoms with E-state index in [1.165, 1.54) is 5.56 Å². The standard InChI is InChI=1S/C7H6N4S2/c12-7-10-9-5-3-4-1-2-8-13-6(4)11(5)7/h1-3,8-9H,(H,10,12). The molecule has 3 N–H and O–H groups in total. The molecule has 0 spiro atoms. The van der Waals surface area contributed by atoms with Crippen molar-refractivity contribution in [2.45, 2.75) is 5.03 Å². The van der Waals surface area contributed by atoms with Gasteiger partial charge in [0.15, 0.2) is 4.77 Å². The van der Waals surface area contributed by atoms with Gasteiger partial charge in [-0.15, -0.1) is 0 Å². The number of H-pyrrole nitrogens is 2. The predicted molar refractivity (Wildman–Crippen MR) is 55.0 cm³/mol. The van der Waals surface area contributed by atoms with Gasteiger partial charge < -0.3 is 4.72 Å². The van der Waals surface area contributed by atoms with Crippen molar-refractivity contribution in [2.75, 3.05) is 0 Å². The number of rotatable bonds is 0. The van der Waals surface area contributed by atoms with Crippen LogP contribution in [0.5, 0.6) is 0 Å². The van der Waals surface area contributed by atoms with E-state index in [2.05, 4.69) is 21.0 Å². The van der Waals surface area contributed by atoms with Crippen LogP contribution in [0.4, 0.5) is 0 Å². The maximum absolute atomic E-state index is 5.14. The Morgan fingerprint density at radius 1 is 1.38 bits per heavy atom. The lowest BCUT2D eigenvalue weighted by atomic mass is 10.3. The van der Waals surface area contributed by atoms with E-state index < -0.39 is 0 Å². The highest BCUT2D eigenvalue weighted by Crippen LogP contribution is 2.28. The van der Waals surface area contributed by atoms with Crippen LogP contribution >= 0.6 is 24.2 Å². The van der Waals surface area contributed by atoms with Gasteiger partial charge in [0.05, 0.1) is 0 Å². The van der Waals surface area contributed by atoms with Crippen LogP contribution in [0.25, 0.3) is 11.7 Å². The molecular formula is C7H6N4S2. The molecule has 0 saturated carbocycles. The molecule has 0 fully saturated rings. The number of aromatic amines is 2. The number of fused-ring (bicyclic) bond motifs is 3. The van der Waals surface area contributed by atoms with Gasteiger partial charge in [-0.1, -0.05) is 0 Å². The molecule has 13 heavy (non-hydrogen) atoms. The van der Waals surface area contributed by atoms with Gasteiger partial charge >= 0.3 is 0 Å². The molecule has 3 heterocycles. The maximum Gasteiger partial charge on any atom is 0.198 e. The summed E-state index contributed by atoms with van der Waals surface area (Å²) in [6.45, 7) is 0. The first-order valence-corrected chi connectivity index (χ1v) is 5.00. The third-order valence-corrected chi connectivity index (χ3v) is 3.12. The van der Waals surface area contributed by atoms with Crippen LogP contribution in [0.3, 0.4) is 0 Å². The molecule has 2 aromatic heterocycles. The van der Waals surface area contributed by atoms with E-state index in [0.29, 0.717) is 4.77 Å². The zero-order chi connectivity index (χ0) is 8.84. The lowest BCUT2D eigenvalue weighted by Gasteiger charge is -2.05. The van der Waals surface area contributed by atoms with Gasteiger partial charge in [0.1, 0.15) is 10.7 Å². The average molecular weight is 210 g/mol. The van der Waals surface area contributed by atoms with Gasteiger partial charge in [-0.2, -0.15) is 0 Å². The van der Waals surface area contributed by atoms with Crippen LogP contribution in [-0.2, 0) is 0 Å². The highest BCUT2D eigenvalue weighted by molar-refractivity contribution is 7.97. The number of aromatic nitrogens is 3. The van der Waals surface area contributed by atoms with Gasteiger partial charge in [-0.3, -0.25) is 14.6 Å². The first-order valence-electron chi connectivity index (χ1n) is 3.77. The second-order valence-corrected chi connectivity index (χ2v) is 3.95. The SMILES string of the molecule is S=c1[nH][nH]c2cc3c(n12)SNC=C3. The quantitative estimate of drug-likeness (QED) is 0.460. The van der Waals surface area contributed by atoms with Crippen molar-refractivity contribution in [3.05, 3.63) is 22.6 Å². The Kier molecular flexibility index (Phi) is 1.36. The zero-order valence-electron chi connectivity index (χ0n) is 6.50. The fourth-order valence-corrected chi connectivity index (χ4v) is 2.49. The molecule has 4 nitrogen and oxygen atoms in total. The van der Waals surface area contributed by atoms with Crippen LogP contribution in [0, 0.1) is 4.77 Å². The Morgan fingerprint density at radius 3 is 3.23 bits per heavy atom. The molecule has 1 aliphatic rings. The van der Waals surface area contributed by atoms with Gasteiger partial charge in [0, 0.05) is 23.7 Å². The van der Waals surface area contributed by atoms with Crippen molar-refractivity contribution in [3.63, 3.8) is 0 Å². The van der Waals surface area contributed by atoms with Crippen LogP contribution in [0.1, 0.15) is 5.56 Å². The molecule has 0 unspecified atom stereocenters. The van der Waals surface area contributed by atoms with Crippen molar-refractivity contribution in [1.82, 2.24) is 19.3 Å². The Bertz CT molecular complexity index is 544. The number of hydrogen-bond acceptors (Lipinski definition) is 3. The molecule has 0 saturated heterocycles. The molecule has 0 aromatic carbocycles. The van der Waals surface area contributed by atoms with Crippen LogP contribution in [0.2, 0.25) is 0 Å². The highest BCUT2D eigenvalue weighted by atomic mass is 32.2. The van der Waals surface area contributed by atoms with Crippen LogP contribution in [0.15, 0.2) is 17.3 Å². The Hall–Kier alpha value is -1.14. The molecule has 2 aromatic rings. The van der Waals surface area contributed by atoms with E-state index in [4.69, 9.17) is 12.2 Å². The summed E-state index contributed by atoms with van der Waals surface area (Å²) >= 11 is 6.70. The summed E-state index contributed by atoms with van der Waals surface area (Å²) in [5.41, 5.74) is 2.19. The van der Waals surface area contributed by atoms with Crippen molar-refractivity contribution in [3.8, 4) is 0 Å². The van der Waals surface area contributed by atoms with Crippen molar-refractivity contribution in [1.29, 1.82) is 0 Å². The molecule has 0 aliphatic carbocycles. The second kappa shape index (κ2) is 2.43. The predicted octanol–water partition coefficient (Wildman–Crippen LogP) is 1.91. The minimum absolute atomic E-state index is 0.695. The van der Waals surface area contributed by atoms with Crippen LogP contribution in [-0.4, -0.2) is 14.6 Å². The lowest BCUT2D eigenvalue weighted by molar-refractivity contribution is 0.995. The van der Waals surface area contributed by atoms with Crippen LogP contribution < -0.4 is 4.72 Å². The molecule has 0 atom stereocenters. The van der Waals surface area contributed by atoms with Gasteiger partial charge in [0.25, 0.3) is 0 Å². The van der Waals surface area contributed by atoms with Gasteiger partial charge in [-0.05, 0) is 24.4 Å². The highest BCUT2D eigenvalue weighted by Gasteiger charge is 2.13. The van der Waals surface area contributed by atoms with Crippen molar-refractivity contribution in [2.24, 2.45) is 0 Å². The molecule has 3 rings (SSSR count). The summed E-state index contributed by atoms with van der Waals surface area (Å²) in [5.74, 6) is 0. The van der Waals surface area contributed by atoms with E-state index in [-0.39, 0.29) is 0 Å². The Morgan fingerprint density at radius 2 is 2.31 bits per heavy atom. The van der Waals surface area contributed by atoms with E-state index >= 15 is 0 Å². The average Bonchev–Trinajstić information content (AvgIpc) is 2.66. The van der Waals surface area contributed by atoms with Crippen molar-refractivity contribution < 1.29 is 0 Å². The summed E-state index contributed by atoms with van der Waals surface area (Å²) in [7, 11) is 0. The maximum atomic E-state index is 5.14. The van der Waals surface area contributed by atoms with E-state index in [9.17, 15) is 0 Å². The molecule has 6 heteroatoms. The topological polar surface area (TPSA) is 48.0 Å². The van der Waals surface area contributed by atoms with Crippen molar-refractivity contribution >= 4 is 35.9 Å². The lowest BCUT2D eigenvalue weighted by Crippen LogP contribution is -1.98. The number of hydrogen-bond donors (Lipinski definition) is 3. The summed E-state index contributed by atoms with van der Waals surface area (Å²) in [6.07, 6.45) is 3.95. The van der Waals surface area contributed by atoms with E-state index in [1.807, 2.05) is 16.7 Å². The molecular weight excluding hydrogens is 204 g/mol. The molecule has 0 bridgehead atoms. The molecule has 0 radical (unpaired) electrons. The Labute approximate surface area is 83.1 Å². The molecule has 66 valence electrons. The fourth-order valence-electron chi connectivity index (χ4n) is 1.42. The summed E-state index contributed by atoms with van der Waals surface area (Å²) in [6, 6.07) is 2.06. The van der Waals surface area contributed by atoms with Gasteiger partial charge in [-0.25, -0.2) is 0 Å². The fraction of sp³-hybridized carbons (Fsp3) is 0. The number of nitrogens with zero attached hydrogens (tertiary/aromatic N) is 1. The second-order valence-electron chi connectivity index (χ2n) is 2.73. The smallest absolute Gasteiger partial charge is 0.198 e. The van der Waals surface area contributed by atoms with E-state index in [1.54, 1.807) is 11.9 Å². The van der Waals surface area contributed by atoms with Gasteiger partial charge in [0.2, 0.25) is 0 Å². The zero-order valence-corrected chi connectivity index (χ0v) is 8.13. The number of nitrogens with one attached hydrogen (secondary N) is 3. The monoisotopic (exact) mass is 210 g/mol. The first-order chi connectivity index (χ1) is 6.36. The minimum atomic E-state index is 0.695. The third kappa shape index (κ3) is 0.895. The molecule has 0 amide bonds. The summed E-state index contributed by atoms with van der Waals surface area (Å²) in [4.78, 5) is 0.